The minimum atomic E-state index is -3.08. The normalized spacial score (nSPS) is 19.3. The number of hydrogen-bond acceptors (Lipinski definition) is 6. The van der Waals surface area contributed by atoms with Crippen LogP contribution in [0.5, 0.6) is 0 Å². The van der Waals surface area contributed by atoms with E-state index in [1.54, 1.807) is 28.2 Å². The Bertz CT molecular complexity index is 1060. The Morgan fingerprint density at radius 1 is 1.26 bits per heavy atom. The second kappa shape index (κ2) is 7.12. The zero-order valence-corrected chi connectivity index (χ0v) is 16.4. The summed E-state index contributed by atoms with van der Waals surface area (Å²) < 4.78 is 39.2. The Labute approximate surface area is 161 Å². The molecule has 1 aliphatic rings. The molecule has 2 aromatic heterocycles. The van der Waals surface area contributed by atoms with E-state index < -0.39 is 9.84 Å². The third kappa shape index (κ3) is 4.08. The predicted molar refractivity (Wildman–Crippen MR) is 102 cm³/mol. The van der Waals surface area contributed by atoms with Crippen LogP contribution >= 0.6 is 11.3 Å². The Balaban J connectivity index is 1.73. The van der Waals surface area contributed by atoms with E-state index in [9.17, 15) is 12.8 Å². The molecule has 1 saturated heterocycles. The maximum Gasteiger partial charge on any atom is 0.181 e. The largest absolute Gasteiger partial charge is 0.246 e. The Kier molecular flexibility index (Phi) is 4.81. The van der Waals surface area contributed by atoms with Gasteiger partial charge in [-0.1, -0.05) is 0 Å². The minimum Gasteiger partial charge on any atom is -0.246 e. The lowest BCUT2D eigenvalue weighted by Gasteiger charge is -2.23. The molecule has 3 heterocycles. The summed E-state index contributed by atoms with van der Waals surface area (Å²) in [6.45, 7) is 1.94. The van der Waals surface area contributed by atoms with Crippen LogP contribution in [0.4, 0.5) is 4.39 Å². The van der Waals surface area contributed by atoms with E-state index in [-0.39, 0.29) is 23.4 Å². The lowest BCUT2D eigenvalue weighted by atomic mass is 10.2. The molecule has 142 valence electrons. The van der Waals surface area contributed by atoms with Crippen molar-refractivity contribution in [1.29, 1.82) is 0 Å². The monoisotopic (exact) mass is 406 g/mol. The van der Waals surface area contributed by atoms with Gasteiger partial charge in [0.1, 0.15) is 11.6 Å². The molecule has 0 saturated carbocycles. The van der Waals surface area contributed by atoms with Gasteiger partial charge in [0, 0.05) is 10.9 Å². The number of rotatable bonds is 4. The molecule has 4 rings (SSSR count). The highest BCUT2D eigenvalue weighted by atomic mass is 32.2. The summed E-state index contributed by atoms with van der Waals surface area (Å²) >= 11 is 1.56. The van der Waals surface area contributed by atoms with Crippen LogP contribution in [0, 0.1) is 12.7 Å². The molecule has 0 radical (unpaired) electrons. The third-order valence-electron chi connectivity index (χ3n) is 4.59. The molecular formula is C18H19FN4O2S2. The summed E-state index contributed by atoms with van der Waals surface area (Å²) in [5.41, 5.74) is 1.58. The number of hydrogen-bond donors (Lipinski definition) is 0. The molecule has 27 heavy (non-hydrogen) atoms. The van der Waals surface area contributed by atoms with Crippen molar-refractivity contribution < 1.29 is 12.8 Å². The number of aromatic nitrogens is 4. The highest BCUT2D eigenvalue weighted by molar-refractivity contribution is 7.91. The van der Waals surface area contributed by atoms with Crippen LogP contribution in [0.15, 0.2) is 29.6 Å². The summed E-state index contributed by atoms with van der Waals surface area (Å²) in [4.78, 5) is 9.12. The van der Waals surface area contributed by atoms with Crippen LogP contribution in [0.3, 0.4) is 0 Å². The molecule has 1 aromatic carbocycles. The molecule has 9 heteroatoms. The van der Waals surface area contributed by atoms with Gasteiger partial charge in [-0.3, -0.25) is 0 Å². The first kappa shape index (κ1) is 18.2. The zero-order chi connectivity index (χ0) is 19.0. The van der Waals surface area contributed by atoms with Crippen LogP contribution in [-0.4, -0.2) is 39.7 Å². The first-order chi connectivity index (χ1) is 12.9. The fraction of sp³-hybridized carbons (Fsp3) is 0.389. The summed E-state index contributed by atoms with van der Waals surface area (Å²) in [6.07, 6.45) is 1.84. The number of thiazole rings is 1. The van der Waals surface area contributed by atoms with Crippen molar-refractivity contribution in [2.24, 2.45) is 0 Å². The van der Waals surface area contributed by atoms with Gasteiger partial charge in [-0.05, 0) is 44.0 Å². The molecule has 0 bridgehead atoms. The second-order valence-electron chi connectivity index (χ2n) is 6.75. The lowest BCUT2D eigenvalue weighted by Crippen LogP contribution is -2.29. The van der Waals surface area contributed by atoms with Gasteiger partial charge in [-0.15, -0.1) is 11.3 Å². The molecule has 1 unspecified atom stereocenters. The Morgan fingerprint density at radius 2 is 2.04 bits per heavy atom. The van der Waals surface area contributed by atoms with Crippen LogP contribution < -0.4 is 0 Å². The van der Waals surface area contributed by atoms with Crippen molar-refractivity contribution in [2.75, 3.05) is 11.5 Å². The molecule has 1 aliphatic heterocycles. The smallest absolute Gasteiger partial charge is 0.181 e. The van der Waals surface area contributed by atoms with Crippen molar-refractivity contribution in [1.82, 2.24) is 19.7 Å². The molecule has 0 amide bonds. The summed E-state index contributed by atoms with van der Waals surface area (Å²) in [6, 6.07) is 5.75. The van der Waals surface area contributed by atoms with Gasteiger partial charge < -0.3 is 0 Å². The molecule has 3 aromatic rings. The van der Waals surface area contributed by atoms with Crippen molar-refractivity contribution >= 4 is 21.2 Å². The molecular weight excluding hydrogens is 387 g/mol. The fourth-order valence-electron chi connectivity index (χ4n) is 3.33. The van der Waals surface area contributed by atoms with Gasteiger partial charge in [-0.2, -0.15) is 5.10 Å². The standard InChI is InChI=1S/C18H19FN4O2S2/c1-12-20-15(10-26-12)9-17-21-18(13-4-6-14(19)7-5-13)22-23(17)16-3-2-8-27(24,25)11-16/h4-7,10,16H,2-3,8-9,11H2,1H3. The highest BCUT2D eigenvalue weighted by Gasteiger charge is 2.29. The maximum absolute atomic E-state index is 13.2. The minimum absolute atomic E-state index is 0.0717. The predicted octanol–water partition coefficient (Wildman–Crippen LogP) is 3.19. The fourth-order valence-corrected chi connectivity index (χ4v) is 5.61. The van der Waals surface area contributed by atoms with E-state index in [1.807, 2.05) is 12.3 Å². The van der Waals surface area contributed by atoms with Crippen molar-refractivity contribution in [3.8, 4) is 11.4 Å². The van der Waals surface area contributed by atoms with E-state index in [2.05, 4.69) is 15.1 Å². The van der Waals surface area contributed by atoms with Crippen LogP contribution in [0.25, 0.3) is 11.4 Å². The lowest BCUT2D eigenvalue weighted by molar-refractivity contribution is 0.423. The van der Waals surface area contributed by atoms with Gasteiger partial charge in [0.15, 0.2) is 15.7 Å². The quantitative estimate of drug-likeness (QED) is 0.665. The molecule has 1 fully saturated rings. The average molecular weight is 407 g/mol. The van der Waals surface area contributed by atoms with E-state index in [1.165, 1.54) is 12.1 Å². The summed E-state index contributed by atoms with van der Waals surface area (Å²) in [5, 5.41) is 7.54. The van der Waals surface area contributed by atoms with E-state index in [0.717, 1.165) is 17.1 Å². The number of benzene rings is 1. The number of sulfone groups is 1. The molecule has 0 aliphatic carbocycles. The number of halogens is 1. The van der Waals surface area contributed by atoms with Gasteiger partial charge >= 0.3 is 0 Å². The van der Waals surface area contributed by atoms with Gasteiger partial charge in [0.05, 0.1) is 34.7 Å². The Hall–Kier alpha value is -2.13. The van der Waals surface area contributed by atoms with Gasteiger partial charge in [-0.25, -0.2) is 27.5 Å². The molecule has 0 N–H and O–H groups in total. The third-order valence-corrected chi connectivity index (χ3v) is 7.22. The highest BCUT2D eigenvalue weighted by Crippen LogP contribution is 2.27. The van der Waals surface area contributed by atoms with E-state index >= 15 is 0 Å². The van der Waals surface area contributed by atoms with Crippen LogP contribution in [0.1, 0.15) is 35.4 Å². The summed E-state index contributed by atoms with van der Waals surface area (Å²) in [7, 11) is -3.08. The molecule has 6 nitrogen and oxygen atoms in total. The number of aryl methyl sites for hydroxylation is 1. The van der Waals surface area contributed by atoms with E-state index in [0.29, 0.717) is 30.1 Å². The van der Waals surface area contributed by atoms with Gasteiger partial charge in [0.2, 0.25) is 0 Å². The Morgan fingerprint density at radius 3 is 2.70 bits per heavy atom. The first-order valence-corrected chi connectivity index (χ1v) is 11.4. The first-order valence-electron chi connectivity index (χ1n) is 8.72. The molecule has 0 spiro atoms. The van der Waals surface area contributed by atoms with Crippen molar-refractivity contribution in [2.45, 2.75) is 32.2 Å². The average Bonchev–Trinajstić information content (AvgIpc) is 3.21. The van der Waals surface area contributed by atoms with Crippen molar-refractivity contribution in [3.63, 3.8) is 0 Å². The van der Waals surface area contributed by atoms with Crippen LogP contribution in [0.2, 0.25) is 0 Å². The molecule has 1 atom stereocenters. The van der Waals surface area contributed by atoms with Crippen molar-refractivity contribution in [3.05, 3.63) is 52.0 Å². The van der Waals surface area contributed by atoms with Crippen LogP contribution in [-0.2, 0) is 16.3 Å². The second-order valence-corrected chi connectivity index (χ2v) is 10.0. The topological polar surface area (TPSA) is 77.7 Å². The SMILES string of the molecule is Cc1nc(Cc2nc(-c3ccc(F)cc3)nn2C2CCCS(=O)(=O)C2)cs1. The maximum atomic E-state index is 13.2. The van der Waals surface area contributed by atoms with Gasteiger partial charge in [0.25, 0.3) is 0 Å². The summed E-state index contributed by atoms with van der Waals surface area (Å²) in [5.74, 6) is 1.13. The van der Waals surface area contributed by atoms with E-state index in [4.69, 9.17) is 0 Å². The number of nitrogens with zero attached hydrogens (tertiary/aromatic N) is 4. The zero-order valence-electron chi connectivity index (χ0n) is 14.8.